The predicted molar refractivity (Wildman–Crippen MR) is 76.0 cm³/mol. The Morgan fingerprint density at radius 3 is 2.88 bits per heavy atom. The summed E-state index contributed by atoms with van der Waals surface area (Å²) in [5, 5.41) is 14.8. The Kier molecular flexibility index (Phi) is 4.06. The van der Waals surface area contributed by atoms with E-state index >= 15 is 0 Å². The van der Waals surface area contributed by atoms with Gasteiger partial charge in [0.1, 0.15) is 0 Å². The molecule has 2 aromatic rings. The van der Waals surface area contributed by atoms with Crippen molar-refractivity contribution in [1.29, 1.82) is 0 Å². The number of halogens is 2. The zero-order chi connectivity index (χ0) is 12.4. The molecule has 0 bridgehead atoms. The quantitative estimate of drug-likeness (QED) is 0.853. The summed E-state index contributed by atoms with van der Waals surface area (Å²) in [6, 6.07) is 5.61. The van der Waals surface area contributed by atoms with E-state index in [1.165, 1.54) is 0 Å². The fraction of sp³-hybridized carbons (Fsp3) is 0.250. The first kappa shape index (κ1) is 12.9. The summed E-state index contributed by atoms with van der Waals surface area (Å²) in [4.78, 5) is 0. The van der Waals surface area contributed by atoms with E-state index in [1.807, 2.05) is 31.4 Å². The van der Waals surface area contributed by atoms with E-state index < -0.39 is 6.10 Å². The minimum absolute atomic E-state index is 0.546. The van der Waals surface area contributed by atoms with Crippen LogP contribution < -0.4 is 0 Å². The molecular weight excluding hydrogens is 351 g/mol. The summed E-state index contributed by atoms with van der Waals surface area (Å²) < 4.78 is 2.71. The molecule has 0 aliphatic heterocycles. The molecule has 0 fully saturated rings. The number of nitrogens with zero attached hydrogens (tertiary/aromatic N) is 2. The minimum Gasteiger partial charge on any atom is -0.388 e. The largest absolute Gasteiger partial charge is 0.388 e. The summed E-state index contributed by atoms with van der Waals surface area (Å²) in [7, 11) is 1.86. The van der Waals surface area contributed by atoms with Gasteiger partial charge in [0, 0.05) is 23.2 Å². The highest BCUT2D eigenvalue weighted by Crippen LogP contribution is 2.25. The van der Waals surface area contributed by atoms with Gasteiger partial charge in [0.25, 0.3) is 0 Å². The zero-order valence-electron chi connectivity index (χ0n) is 9.27. The van der Waals surface area contributed by atoms with Crippen LogP contribution in [0.3, 0.4) is 0 Å². The van der Waals surface area contributed by atoms with Gasteiger partial charge in [0.2, 0.25) is 0 Å². The molecule has 0 amide bonds. The molecule has 1 unspecified atom stereocenters. The highest BCUT2D eigenvalue weighted by Gasteiger charge is 2.11. The Bertz CT molecular complexity index is 527. The van der Waals surface area contributed by atoms with E-state index in [0.717, 1.165) is 14.7 Å². The molecule has 90 valence electrons. The Labute approximate surface area is 119 Å². The van der Waals surface area contributed by atoms with Crippen LogP contribution in [-0.2, 0) is 13.5 Å². The molecule has 1 aromatic carbocycles. The first-order valence-electron chi connectivity index (χ1n) is 5.17. The van der Waals surface area contributed by atoms with Gasteiger partial charge in [-0.1, -0.05) is 17.7 Å². The van der Waals surface area contributed by atoms with Crippen LogP contribution in [0.2, 0.25) is 5.02 Å². The maximum Gasteiger partial charge on any atom is 0.0832 e. The molecule has 0 aliphatic carbocycles. The van der Waals surface area contributed by atoms with Crippen LogP contribution in [0.25, 0.3) is 0 Å². The first-order chi connectivity index (χ1) is 8.06. The molecule has 1 atom stereocenters. The van der Waals surface area contributed by atoms with E-state index in [1.54, 1.807) is 10.9 Å². The van der Waals surface area contributed by atoms with Gasteiger partial charge >= 0.3 is 0 Å². The Hall–Kier alpha value is -0.590. The molecule has 0 aliphatic rings. The predicted octanol–water partition coefficient (Wildman–Crippen LogP) is 2.95. The molecule has 1 heterocycles. The molecule has 0 saturated carbocycles. The molecule has 0 saturated heterocycles. The second-order valence-electron chi connectivity index (χ2n) is 3.92. The van der Waals surface area contributed by atoms with E-state index in [4.69, 9.17) is 11.6 Å². The summed E-state index contributed by atoms with van der Waals surface area (Å²) in [6.45, 7) is 0. The van der Waals surface area contributed by atoms with Crippen LogP contribution in [0.15, 0.2) is 30.6 Å². The van der Waals surface area contributed by atoms with Gasteiger partial charge in [-0.2, -0.15) is 5.10 Å². The number of aromatic nitrogens is 2. The second kappa shape index (κ2) is 5.37. The van der Waals surface area contributed by atoms with Crippen molar-refractivity contribution >= 4 is 34.2 Å². The average Bonchev–Trinajstić information content (AvgIpc) is 2.68. The number of hydrogen-bond acceptors (Lipinski definition) is 2. The SMILES string of the molecule is Cn1cc(CC(O)c2ccc(I)c(Cl)c2)cn1. The molecule has 2 rings (SSSR count). The minimum atomic E-state index is -0.548. The maximum absolute atomic E-state index is 10.1. The lowest BCUT2D eigenvalue weighted by molar-refractivity contribution is 0.178. The normalized spacial score (nSPS) is 12.7. The highest BCUT2D eigenvalue weighted by molar-refractivity contribution is 14.1. The third kappa shape index (κ3) is 3.20. The molecule has 0 radical (unpaired) electrons. The lowest BCUT2D eigenvalue weighted by Gasteiger charge is -2.10. The standard InChI is InChI=1S/C12H12ClIN2O/c1-16-7-8(6-15-16)4-12(17)9-2-3-11(14)10(13)5-9/h2-3,5-7,12,17H,4H2,1H3. The van der Waals surface area contributed by atoms with E-state index in [2.05, 4.69) is 27.7 Å². The Balaban J connectivity index is 2.14. The van der Waals surface area contributed by atoms with Crippen LogP contribution in [0.5, 0.6) is 0 Å². The number of aliphatic hydroxyl groups excluding tert-OH is 1. The van der Waals surface area contributed by atoms with Crippen molar-refractivity contribution in [3.63, 3.8) is 0 Å². The van der Waals surface area contributed by atoms with E-state index in [0.29, 0.717) is 11.4 Å². The van der Waals surface area contributed by atoms with Gasteiger partial charge in [-0.15, -0.1) is 0 Å². The second-order valence-corrected chi connectivity index (χ2v) is 5.49. The topological polar surface area (TPSA) is 38.0 Å². The van der Waals surface area contributed by atoms with Crippen molar-refractivity contribution in [2.45, 2.75) is 12.5 Å². The molecule has 1 aromatic heterocycles. The van der Waals surface area contributed by atoms with Gasteiger partial charge < -0.3 is 5.11 Å². The molecule has 0 spiro atoms. The third-order valence-electron chi connectivity index (χ3n) is 2.52. The lowest BCUT2D eigenvalue weighted by Crippen LogP contribution is -2.01. The van der Waals surface area contributed by atoms with Crippen molar-refractivity contribution in [1.82, 2.24) is 9.78 Å². The summed E-state index contributed by atoms with van der Waals surface area (Å²) in [6.07, 6.45) is 3.66. The molecule has 17 heavy (non-hydrogen) atoms. The van der Waals surface area contributed by atoms with Crippen molar-refractivity contribution in [2.75, 3.05) is 0 Å². The van der Waals surface area contributed by atoms with Gasteiger partial charge in [-0.3, -0.25) is 4.68 Å². The van der Waals surface area contributed by atoms with Crippen LogP contribution in [0, 0.1) is 3.57 Å². The smallest absolute Gasteiger partial charge is 0.0832 e. The number of aryl methyl sites for hydroxylation is 1. The summed E-state index contributed by atoms with van der Waals surface area (Å²) in [5.41, 5.74) is 1.84. The molecule has 1 N–H and O–H groups in total. The third-order valence-corrected chi connectivity index (χ3v) is 4.09. The monoisotopic (exact) mass is 362 g/mol. The van der Waals surface area contributed by atoms with Gasteiger partial charge in [-0.25, -0.2) is 0 Å². The molecular formula is C12H12ClIN2O. The van der Waals surface area contributed by atoms with Crippen LogP contribution in [0.4, 0.5) is 0 Å². The maximum atomic E-state index is 10.1. The Morgan fingerprint density at radius 2 is 2.29 bits per heavy atom. The van der Waals surface area contributed by atoms with E-state index in [9.17, 15) is 5.11 Å². The van der Waals surface area contributed by atoms with Gasteiger partial charge in [-0.05, 0) is 45.9 Å². The number of aliphatic hydroxyl groups is 1. The van der Waals surface area contributed by atoms with Crippen molar-refractivity contribution in [3.05, 3.63) is 50.3 Å². The van der Waals surface area contributed by atoms with Gasteiger partial charge in [0.15, 0.2) is 0 Å². The average molecular weight is 363 g/mol. The number of hydrogen-bond donors (Lipinski definition) is 1. The summed E-state index contributed by atoms with van der Waals surface area (Å²) in [5.74, 6) is 0. The first-order valence-corrected chi connectivity index (χ1v) is 6.62. The van der Waals surface area contributed by atoms with Crippen molar-refractivity contribution in [2.24, 2.45) is 7.05 Å². The molecule has 3 nitrogen and oxygen atoms in total. The highest BCUT2D eigenvalue weighted by atomic mass is 127. The van der Waals surface area contributed by atoms with Crippen molar-refractivity contribution < 1.29 is 5.11 Å². The lowest BCUT2D eigenvalue weighted by atomic mass is 10.0. The van der Waals surface area contributed by atoms with E-state index in [-0.39, 0.29) is 0 Å². The number of rotatable bonds is 3. The fourth-order valence-electron chi connectivity index (χ4n) is 1.64. The zero-order valence-corrected chi connectivity index (χ0v) is 12.2. The van der Waals surface area contributed by atoms with Crippen molar-refractivity contribution in [3.8, 4) is 0 Å². The van der Waals surface area contributed by atoms with Crippen LogP contribution >= 0.6 is 34.2 Å². The van der Waals surface area contributed by atoms with Gasteiger partial charge in [0.05, 0.1) is 17.3 Å². The van der Waals surface area contributed by atoms with Crippen LogP contribution in [-0.4, -0.2) is 14.9 Å². The summed E-state index contributed by atoms with van der Waals surface area (Å²) >= 11 is 8.19. The number of benzene rings is 1. The Morgan fingerprint density at radius 1 is 1.53 bits per heavy atom. The molecule has 5 heteroatoms. The van der Waals surface area contributed by atoms with Crippen LogP contribution in [0.1, 0.15) is 17.2 Å². The fourth-order valence-corrected chi connectivity index (χ4v) is 2.16.